The normalized spacial score (nSPS) is 11.9. The molecule has 27 heavy (non-hydrogen) atoms. The first-order valence-electron chi connectivity index (χ1n) is 8.93. The molecule has 0 amide bonds. The van der Waals surface area contributed by atoms with E-state index in [0.29, 0.717) is 31.1 Å². The zero-order chi connectivity index (χ0) is 19.9. The Bertz CT molecular complexity index is 803. The molecule has 0 atom stereocenters. The number of ether oxygens (including phenoxy) is 2. The molecule has 1 aromatic heterocycles. The average Bonchev–Trinajstić information content (AvgIpc) is 3.20. The topological polar surface area (TPSA) is 59.1 Å². The Morgan fingerprint density at radius 2 is 1.78 bits per heavy atom. The van der Waals surface area contributed by atoms with Crippen molar-refractivity contribution in [3.8, 4) is 11.5 Å². The highest BCUT2D eigenvalue weighted by molar-refractivity contribution is 7.89. The minimum atomic E-state index is -3.76. The van der Waals surface area contributed by atoms with E-state index in [1.165, 1.54) is 24.6 Å². The van der Waals surface area contributed by atoms with Crippen molar-refractivity contribution in [2.75, 3.05) is 40.4 Å². The second kappa shape index (κ2) is 10.1. The van der Waals surface area contributed by atoms with E-state index < -0.39 is 10.0 Å². The summed E-state index contributed by atoms with van der Waals surface area (Å²) in [5, 5.41) is 1.96. The Labute approximate surface area is 166 Å². The number of methoxy groups -OCH3 is 2. The molecule has 0 aliphatic heterocycles. The van der Waals surface area contributed by atoms with Crippen molar-refractivity contribution in [2.24, 2.45) is 0 Å². The molecule has 0 aliphatic carbocycles. The van der Waals surface area contributed by atoms with Crippen molar-refractivity contribution >= 4 is 21.4 Å². The molecule has 2 aromatic rings. The lowest BCUT2D eigenvalue weighted by Gasteiger charge is -2.26. The maximum absolute atomic E-state index is 13.5. The molecule has 0 bridgehead atoms. The molecule has 2 rings (SSSR count). The molecule has 0 aliphatic rings. The number of rotatable bonds is 11. The van der Waals surface area contributed by atoms with Gasteiger partial charge < -0.3 is 14.4 Å². The lowest BCUT2D eigenvalue weighted by atomic mass is 10.3. The van der Waals surface area contributed by atoms with Gasteiger partial charge in [-0.15, -0.1) is 11.3 Å². The molecule has 0 spiro atoms. The summed E-state index contributed by atoms with van der Waals surface area (Å²) >= 11 is 1.55. The lowest BCUT2D eigenvalue weighted by Crippen LogP contribution is -2.38. The van der Waals surface area contributed by atoms with Crippen molar-refractivity contribution in [1.29, 1.82) is 0 Å². The van der Waals surface area contributed by atoms with Crippen LogP contribution < -0.4 is 9.47 Å². The Hall–Kier alpha value is -1.61. The first-order valence-corrected chi connectivity index (χ1v) is 11.2. The van der Waals surface area contributed by atoms with E-state index in [2.05, 4.69) is 18.7 Å². The second-order valence-electron chi connectivity index (χ2n) is 5.96. The van der Waals surface area contributed by atoms with Gasteiger partial charge in [0, 0.05) is 30.6 Å². The van der Waals surface area contributed by atoms with Gasteiger partial charge in [-0.3, -0.25) is 0 Å². The van der Waals surface area contributed by atoms with Crippen LogP contribution in [-0.4, -0.2) is 58.0 Å². The quantitative estimate of drug-likeness (QED) is 0.567. The SMILES string of the molecule is CCN(CC)CCN(Cc1cccs1)S(=O)(=O)c1cc(OC)ccc1OC. The van der Waals surface area contributed by atoms with Gasteiger partial charge in [0.25, 0.3) is 0 Å². The number of hydrogen-bond donors (Lipinski definition) is 0. The minimum absolute atomic E-state index is 0.125. The van der Waals surface area contributed by atoms with Crippen LogP contribution in [0.1, 0.15) is 18.7 Å². The van der Waals surface area contributed by atoms with Gasteiger partial charge in [-0.05, 0) is 36.7 Å². The number of thiophene rings is 1. The van der Waals surface area contributed by atoms with Crippen LogP contribution in [0.4, 0.5) is 0 Å². The standard InChI is InChI=1S/C19H28N2O4S2/c1-5-20(6-2)11-12-21(15-17-8-7-13-26-17)27(22,23)19-14-16(24-3)9-10-18(19)25-4/h7-10,13-14H,5-6,11-12,15H2,1-4H3. The molecule has 0 radical (unpaired) electrons. The van der Waals surface area contributed by atoms with E-state index >= 15 is 0 Å². The number of hydrogen-bond acceptors (Lipinski definition) is 6. The highest BCUT2D eigenvalue weighted by Gasteiger charge is 2.29. The fourth-order valence-electron chi connectivity index (χ4n) is 2.78. The molecular weight excluding hydrogens is 384 g/mol. The van der Waals surface area contributed by atoms with Crippen LogP contribution in [0.3, 0.4) is 0 Å². The zero-order valence-corrected chi connectivity index (χ0v) is 18.0. The molecule has 0 fully saturated rings. The molecule has 6 nitrogen and oxygen atoms in total. The molecule has 1 aromatic carbocycles. The van der Waals surface area contributed by atoms with Gasteiger partial charge in [-0.1, -0.05) is 19.9 Å². The third-order valence-electron chi connectivity index (χ3n) is 4.46. The first-order chi connectivity index (χ1) is 13.0. The van der Waals surface area contributed by atoms with Gasteiger partial charge in [0.1, 0.15) is 16.4 Å². The van der Waals surface area contributed by atoms with Crippen LogP contribution in [0.15, 0.2) is 40.6 Å². The van der Waals surface area contributed by atoms with E-state index in [-0.39, 0.29) is 4.90 Å². The predicted molar refractivity (Wildman–Crippen MR) is 109 cm³/mol. The third kappa shape index (κ3) is 5.44. The van der Waals surface area contributed by atoms with Crippen molar-refractivity contribution in [3.63, 3.8) is 0 Å². The van der Waals surface area contributed by atoms with Crippen LogP contribution in [0.25, 0.3) is 0 Å². The molecule has 0 unspecified atom stereocenters. The van der Waals surface area contributed by atoms with E-state index in [9.17, 15) is 8.42 Å². The molecule has 0 saturated heterocycles. The Morgan fingerprint density at radius 3 is 2.33 bits per heavy atom. The fraction of sp³-hybridized carbons (Fsp3) is 0.474. The molecule has 0 saturated carbocycles. The monoisotopic (exact) mass is 412 g/mol. The van der Waals surface area contributed by atoms with Gasteiger partial charge >= 0.3 is 0 Å². The summed E-state index contributed by atoms with van der Waals surface area (Å²) in [5.41, 5.74) is 0. The fourth-order valence-corrected chi connectivity index (χ4v) is 5.16. The van der Waals surface area contributed by atoms with Crippen LogP contribution in [-0.2, 0) is 16.6 Å². The number of benzene rings is 1. The second-order valence-corrected chi connectivity index (χ2v) is 8.90. The number of likely N-dealkylation sites (N-methyl/N-ethyl adjacent to an activating group) is 1. The average molecular weight is 413 g/mol. The summed E-state index contributed by atoms with van der Waals surface area (Å²) < 4.78 is 39.0. The maximum atomic E-state index is 13.5. The van der Waals surface area contributed by atoms with Gasteiger partial charge in [0.05, 0.1) is 14.2 Å². The van der Waals surface area contributed by atoms with Crippen molar-refractivity contribution in [3.05, 3.63) is 40.6 Å². The lowest BCUT2D eigenvalue weighted by molar-refractivity contribution is 0.268. The number of sulfonamides is 1. The van der Waals surface area contributed by atoms with Gasteiger partial charge in [0.15, 0.2) is 0 Å². The van der Waals surface area contributed by atoms with Crippen molar-refractivity contribution in [1.82, 2.24) is 9.21 Å². The van der Waals surface area contributed by atoms with Crippen LogP contribution in [0, 0.1) is 0 Å². The summed E-state index contributed by atoms with van der Waals surface area (Å²) in [6.45, 7) is 7.32. The van der Waals surface area contributed by atoms with Crippen LogP contribution in [0.2, 0.25) is 0 Å². The molecule has 0 N–H and O–H groups in total. The van der Waals surface area contributed by atoms with Crippen LogP contribution in [0.5, 0.6) is 11.5 Å². The first kappa shape index (κ1) is 21.7. The third-order valence-corrected chi connectivity index (χ3v) is 7.19. The predicted octanol–water partition coefficient (Wildman–Crippen LogP) is 3.30. The van der Waals surface area contributed by atoms with Gasteiger partial charge in [0.2, 0.25) is 10.0 Å². The summed E-state index contributed by atoms with van der Waals surface area (Å²) in [4.78, 5) is 3.33. The highest BCUT2D eigenvalue weighted by Crippen LogP contribution is 2.31. The van der Waals surface area contributed by atoms with Gasteiger partial charge in [-0.25, -0.2) is 8.42 Å². The van der Waals surface area contributed by atoms with E-state index in [1.807, 2.05) is 17.5 Å². The molecule has 8 heteroatoms. The summed E-state index contributed by atoms with van der Waals surface area (Å²) in [6.07, 6.45) is 0. The van der Waals surface area contributed by atoms with Crippen molar-refractivity contribution < 1.29 is 17.9 Å². The largest absolute Gasteiger partial charge is 0.497 e. The highest BCUT2D eigenvalue weighted by atomic mass is 32.2. The molecular formula is C19H28N2O4S2. The summed E-state index contributed by atoms with van der Waals surface area (Å²) in [6, 6.07) is 8.72. The Balaban J connectivity index is 2.39. The smallest absolute Gasteiger partial charge is 0.247 e. The minimum Gasteiger partial charge on any atom is -0.497 e. The van der Waals surface area contributed by atoms with Crippen LogP contribution >= 0.6 is 11.3 Å². The van der Waals surface area contributed by atoms with E-state index in [4.69, 9.17) is 9.47 Å². The van der Waals surface area contributed by atoms with Crippen molar-refractivity contribution in [2.45, 2.75) is 25.3 Å². The van der Waals surface area contributed by atoms with E-state index in [1.54, 1.807) is 23.5 Å². The zero-order valence-electron chi connectivity index (χ0n) is 16.3. The maximum Gasteiger partial charge on any atom is 0.247 e. The summed E-state index contributed by atoms with van der Waals surface area (Å²) in [5.74, 6) is 0.795. The van der Waals surface area contributed by atoms with E-state index in [0.717, 1.165) is 18.0 Å². The van der Waals surface area contributed by atoms with Gasteiger partial charge in [-0.2, -0.15) is 4.31 Å². The Kier molecular flexibility index (Phi) is 8.09. The Morgan fingerprint density at radius 1 is 1.04 bits per heavy atom. The molecule has 150 valence electrons. The molecule has 1 heterocycles. The number of nitrogens with zero attached hydrogens (tertiary/aromatic N) is 2. The summed E-state index contributed by atoms with van der Waals surface area (Å²) in [7, 11) is -0.768.